The molecule has 6 nitrogen and oxygen atoms in total. The summed E-state index contributed by atoms with van der Waals surface area (Å²) in [5.74, 6) is -0.526. The molecule has 1 aliphatic rings. The number of carbonyl (C=O) groups excluding carboxylic acids is 1. The minimum atomic E-state index is -4.58. The van der Waals surface area contributed by atoms with Gasteiger partial charge < -0.3 is 15.4 Å². The minimum Gasteiger partial charge on any atom is -0.495 e. The molecule has 0 aliphatic carbocycles. The van der Waals surface area contributed by atoms with E-state index in [2.05, 4.69) is 15.7 Å². The zero-order valence-corrected chi connectivity index (χ0v) is 18.2. The van der Waals surface area contributed by atoms with Gasteiger partial charge in [-0.2, -0.15) is 18.3 Å². The predicted octanol–water partition coefficient (Wildman–Crippen LogP) is 6.17. The number of hydrogen-bond donors (Lipinski definition) is 2. The second-order valence-electron chi connectivity index (χ2n) is 6.76. The number of aromatic nitrogens is 2. The lowest BCUT2D eigenvalue weighted by atomic mass is 10.0. The number of fused-ring (bicyclic) bond motifs is 1. The first kappa shape index (κ1) is 21.8. The molecule has 1 aromatic carbocycles. The Morgan fingerprint density at radius 1 is 1.35 bits per heavy atom. The van der Waals surface area contributed by atoms with Gasteiger partial charge in [-0.15, -0.1) is 11.3 Å². The molecule has 3 heterocycles. The van der Waals surface area contributed by atoms with E-state index in [1.54, 1.807) is 29.6 Å². The van der Waals surface area contributed by atoms with Crippen LogP contribution in [0.2, 0.25) is 10.0 Å². The van der Waals surface area contributed by atoms with Crippen molar-refractivity contribution in [2.75, 3.05) is 17.7 Å². The highest BCUT2D eigenvalue weighted by atomic mass is 35.5. The molecule has 0 unspecified atom stereocenters. The molecule has 1 amide bonds. The van der Waals surface area contributed by atoms with Gasteiger partial charge in [0.25, 0.3) is 5.91 Å². The number of nitrogens with zero attached hydrogens (tertiary/aromatic N) is 2. The summed E-state index contributed by atoms with van der Waals surface area (Å²) in [6.07, 6.45) is -4.86. The molecule has 3 aromatic rings. The third-order valence-electron chi connectivity index (χ3n) is 4.81. The third-order valence-corrected chi connectivity index (χ3v) is 6.39. The molecule has 0 fully saturated rings. The van der Waals surface area contributed by atoms with E-state index < -0.39 is 24.2 Å². The molecule has 0 saturated heterocycles. The lowest BCUT2D eigenvalue weighted by molar-refractivity contribution is -0.173. The number of methoxy groups -OCH3 is 1. The summed E-state index contributed by atoms with van der Waals surface area (Å²) in [6, 6.07) is 5.52. The average Bonchev–Trinajstić information content (AvgIpc) is 3.35. The fourth-order valence-electron chi connectivity index (χ4n) is 3.37. The summed E-state index contributed by atoms with van der Waals surface area (Å²) in [5, 5.41) is 11.4. The lowest BCUT2D eigenvalue weighted by Crippen LogP contribution is -2.35. The quantitative estimate of drug-likeness (QED) is 0.458. The summed E-state index contributed by atoms with van der Waals surface area (Å²) in [6.45, 7) is 0. The van der Waals surface area contributed by atoms with Crippen LogP contribution in [0.5, 0.6) is 5.75 Å². The Balaban J connectivity index is 1.71. The zero-order valence-electron chi connectivity index (χ0n) is 15.8. The molecular weight excluding hydrogens is 476 g/mol. The van der Waals surface area contributed by atoms with Crippen molar-refractivity contribution in [3.05, 3.63) is 56.3 Å². The van der Waals surface area contributed by atoms with Crippen LogP contribution in [0, 0.1) is 0 Å². The first-order valence-corrected chi connectivity index (χ1v) is 10.6. The maximum Gasteiger partial charge on any atom is 0.410 e. The second kappa shape index (κ2) is 8.25. The average molecular weight is 491 g/mol. The zero-order chi connectivity index (χ0) is 22.3. The first-order chi connectivity index (χ1) is 14.7. The van der Waals surface area contributed by atoms with Crippen LogP contribution in [-0.4, -0.2) is 29.0 Å². The molecule has 12 heteroatoms. The van der Waals surface area contributed by atoms with Crippen molar-refractivity contribution in [3.63, 3.8) is 0 Å². The van der Waals surface area contributed by atoms with Crippen molar-refractivity contribution in [1.82, 2.24) is 9.78 Å². The van der Waals surface area contributed by atoms with Crippen LogP contribution in [-0.2, 0) is 0 Å². The SMILES string of the molecule is COc1ccc(Cl)cc1NC(=O)c1nn2c(c1Cl)N[C@@H](c1cccs1)C[C@@H]2C(F)(F)F. The van der Waals surface area contributed by atoms with Crippen LogP contribution in [0.25, 0.3) is 0 Å². The summed E-state index contributed by atoms with van der Waals surface area (Å²) in [7, 11) is 1.41. The maximum absolute atomic E-state index is 13.8. The van der Waals surface area contributed by atoms with E-state index in [9.17, 15) is 18.0 Å². The van der Waals surface area contributed by atoms with Crippen LogP contribution < -0.4 is 15.4 Å². The Hall–Kier alpha value is -2.43. The summed E-state index contributed by atoms with van der Waals surface area (Å²) < 4.78 is 47.3. The van der Waals surface area contributed by atoms with Gasteiger partial charge in [-0.05, 0) is 29.6 Å². The Labute approximate surface area is 188 Å². The minimum absolute atomic E-state index is 0.0585. The molecule has 164 valence electrons. The smallest absolute Gasteiger partial charge is 0.410 e. The van der Waals surface area contributed by atoms with Gasteiger partial charge in [0, 0.05) is 16.3 Å². The number of halogens is 5. The number of nitrogens with one attached hydrogen (secondary N) is 2. The van der Waals surface area contributed by atoms with Gasteiger partial charge in [0.05, 0.1) is 18.8 Å². The van der Waals surface area contributed by atoms with Gasteiger partial charge in [-0.3, -0.25) is 4.79 Å². The Morgan fingerprint density at radius 2 is 2.13 bits per heavy atom. The van der Waals surface area contributed by atoms with Gasteiger partial charge in [-0.25, -0.2) is 4.68 Å². The van der Waals surface area contributed by atoms with Crippen molar-refractivity contribution in [3.8, 4) is 5.75 Å². The molecule has 0 radical (unpaired) electrons. The number of anilines is 2. The predicted molar refractivity (Wildman–Crippen MR) is 114 cm³/mol. The summed E-state index contributed by atoms with van der Waals surface area (Å²) in [5.41, 5.74) is -0.105. The van der Waals surface area contributed by atoms with Crippen molar-refractivity contribution >= 4 is 52.0 Å². The number of ether oxygens (including phenoxy) is 1. The Kier molecular flexibility index (Phi) is 5.80. The molecule has 0 bridgehead atoms. The fourth-order valence-corrected chi connectivity index (χ4v) is 4.60. The topological polar surface area (TPSA) is 68.2 Å². The van der Waals surface area contributed by atoms with Gasteiger partial charge in [0.15, 0.2) is 11.7 Å². The number of carbonyl (C=O) groups is 1. The third kappa shape index (κ3) is 4.19. The molecule has 1 aliphatic heterocycles. The number of amides is 1. The largest absolute Gasteiger partial charge is 0.495 e. The number of benzene rings is 1. The first-order valence-electron chi connectivity index (χ1n) is 8.98. The summed E-state index contributed by atoms with van der Waals surface area (Å²) >= 11 is 13.6. The van der Waals surface area contributed by atoms with Crippen molar-refractivity contribution in [2.24, 2.45) is 0 Å². The van der Waals surface area contributed by atoms with E-state index in [1.165, 1.54) is 24.5 Å². The van der Waals surface area contributed by atoms with E-state index in [1.807, 2.05) is 0 Å². The number of hydrogen-bond acceptors (Lipinski definition) is 5. The maximum atomic E-state index is 13.8. The highest BCUT2D eigenvalue weighted by molar-refractivity contribution is 7.10. The second-order valence-corrected chi connectivity index (χ2v) is 8.55. The number of alkyl halides is 3. The normalized spacial score (nSPS) is 18.3. The number of rotatable bonds is 4. The molecule has 2 aromatic heterocycles. The molecule has 31 heavy (non-hydrogen) atoms. The van der Waals surface area contributed by atoms with Gasteiger partial charge in [0.2, 0.25) is 0 Å². The molecule has 2 atom stereocenters. The molecule has 0 spiro atoms. The highest BCUT2D eigenvalue weighted by Crippen LogP contribution is 2.47. The van der Waals surface area contributed by atoms with Crippen LogP contribution >= 0.6 is 34.5 Å². The monoisotopic (exact) mass is 490 g/mol. The van der Waals surface area contributed by atoms with Crippen LogP contribution in [0.4, 0.5) is 24.7 Å². The standard InChI is InChI=1S/C19H15Cl2F3N4O2S/c1-30-12-5-4-9(20)7-10(12)26-18(29)16-15(21)17-25-11(13-3-2-6-31-13)8-14(19(22,23)24)28(17)27-16/h2-7,11,14,25H,8H2,1H3,(H,26,29)/t11-,14-/m1/s1. The van der Waals surface area contributed by atoms with E-state index in [4.69, 9.17) is 27.9 Å². The molecular formula is C19H15Cl2F3N4O2S. The molecule has 4 rings (SSSR count). The van der Waals surface area contributed by atoms with Crippen LogP contribution in [0.1, 0.15) is 33.9 Å². The van der Waals surface area contributed by atoms with E-state index in [-0.39, 0.29) is 28.6 Å². The molecule has 2 N–H and O–H groups in total. The van der Waals surface area contributed by atoms with Crippen molar-refractivity contribution < 1.29 is 22.7 Å². The van der Waals surface area contributed by atoms with Gasteiger partial charge in [0.1, 0.15) is 16.6 Å². The summed E-state index contributed by atoms with van der Waals surface area (Å²) in [4.78, 5) is 13.6. The fraction of sp³-hybridized carbons (Fsp3) is 0.263. The Bertz CT molecular complexity index is 1120. The van der Waals surface area contributed by atoms with Crippen LogP contribution in [0.3, 0.4) is 0 Å². The lowest BCUT2D eigenvalue weighted by Gasteiger charge is -2.32. The van der Waals surface area contributed by atoms with E-state index in [0.29, 0.717) is 10.8 Å². The van der Waals surface area contributed by atoms with E-state index in [0.717, 1.165) is 9.56 Å². The van der Waals surface area contributed by atoms with Crippen molar-refractivity contribution in [1.29, 1.82) is 0 Å². The highest BCUT2D eigenvalue weighted by Gasteiger charge is 2.48. The van der Waals surface area contributed by atoms with Gasteiger partial charge >= 0.3 is 6.18 Å². The number of thiophene rings is 1. The van der Waals surface area contributed by atoms with Crippen molar-refractivity contribution in [2.45, 2.75) is 24.7 Å². The molecule has 0 saturated carbocycles. The van der Waals surface area contributed by atoms with Gasteiger partial charge in [-0.1, -0.05) is 29.3 Å². The van der Waals surface area contributed by atoms with E-state index >= 15 is 0 Å². The van der Waals surface area contributed by atoms with Crippen LogP contribution in [0.15, 0.2) is 35.7 Å². The Morgan fingerprint density at radius 3 is 2.77 bits per heavy atom.